The van der Waals surface area contributed by atoms with Crippen LogP contribution >= 0.6 is 11.6 Å². The molecule has 1 N–H and O–H groups in total. The Labute approximate surface area is 215 Å². The summed E-state index contributed by atoms with van der Waals surface area (Å²) in [7, 11) is 1.27. The third-order valence-corrected chi connectivity index (χ3v) is 6.40. The summed E-state index contributed by atoms with van der Waals surface area (Å²) < 4.78 is 10.5. The van der Waals surface area contributed by atoms with Crippen molar-refractivity contribution in [3.63, 3.8) is 0 Å². The van der Waals surface area contributed by atoms with Gasteiger partial charge in [-0.2, -0.15) is 0 Å². The summed E-state index contributed by atoms with van der Waals surface area (Å²) >= 11 is 5.96. The summed E-state index contributed by atoms with van der Waals surface area (Å²) in [5.74, 6) is -1.03. The lowest BCUT2D eigenvalue weighted by Gasteiger charge is -2.35. The maximum atomic E-state index is 13.5. The van der Waals surface area contributed by atoms with Gasteiger partial charge in [-0.05, 0) is 34.4 Å². The summed E-state index contributed by atoms with van der Waals surface area (Å²) in [5, 5.41) is 3.37. The first-order valence-corrected chi connectivity index (χ1v) is 12.0. The van der Waals surface area contributed by atoms with E-state index in [4.69, 9.17) is 21.1 Å². The second-order valence-electron chi connectivity index (χ2n) is 8.57. The van der Waals surface area contributed by atoms with Crippen molar-refractivity contribution < 1.29 is 23.9 Å². The molecule has 0 aliphatic carbocycles. The number of halogens is 1. The summed E-state index contributed by atoms with van der Waals surface area (Å²) in [6, 6.07) is 22.2. The fourth-order valence-electron chi connectivity index (χ4n) is 4.21. The molecule has 7 nitrogen and oxygen atoms in total. The van der Waals surface area contributed by atoms with Gasteiger partial charge in [0.1, 0.15) is 18.7 Å². The van der Waals surface area contributed by atoms with Crippen molar-refractivity contribution in [2.45, 2.75) is 38.1 Å². The first-order chi connectivity index (χ1) is 17.4. The molecule has 186 valence electrons. The number of fused-ring (bicyclic) bond motifs is 1. The Balaban J connectivity index is 1.52. The van der Waals surface area contributed by atoms with Crippen LogP contribution in [0, 0.1) is 0 Å². The van der Waals surface area contributed by atoms with Crippen LogP contribution in [-0.2, 0) is 45.1 Å². The van der Waals surface area contributed by atoms with E-state index < -0.39 is 30.1 Å². The number of ether oxygens (including phenoxy) is 2. The third kappa shape index (κ3) is 6.23. The fraction of sp³-hybridized carbons (Fsp3) is 0.250. The van der Waals surface area contributed by atoms with Gasteiger partial charge in [0.2, 0.25) is 5.91 Å². The van der Waals surface area contributed by atoms with Crippen molar-refractivity contribution in [2.24, 2.45) is 0 Å². The highest BCUT2D eigenvalue weighted by molar-refractivity contribution is 6.30. The topological polar surface area (TPSA) is 84.9 Å². The third-order valence-electron chi connectivity index (χ3n) is 6.15. The van der Waals surface area contributed by atoms with Crippen molar-refractivity contribution in [1.82, 2.24) is 10.2 Å². The van der Waals surface area contributed by atoms with Crippen LogP contribution < -0.4 is 5.32 Å². The number of methoxy groups -OCH3 is 1. The molecule has 8 heteroatoms. The highest BCUT2D eigenvalue weighted by Gasteiger charge is 2.37. The van der Waals surface area contributed by atoms with Crippen molar-refractivity contribution >= 4 is 29.6 Å². The van der Waals surface area contributed by atoms with E-state index in [-0.39, 0.29) is 19.6 Å². The largest absolute Gasteiger partial charge is 0.467 e. The van der Waals surface area contributed by atoms with Gasteiger partial charge < -0.3 is 14.8 Å². The Morgan fingerprint density at radius 1 is 0.944 bits per heavy atom. The van der Waals surface area contributed by atoms with Gasteiger partial charge in [-0.15, -0.1) is 0 Å². The van der Waals surface area contributed by atoms with Gasteiger partial charge in [-0.1, -0.05) is 78.3 Å². The first-order valence-electron chi connectivity index (χ1n) is 11.6. The van der Waals surface area contributed by atoms with Gasteiger partial charge in [0.05, 0.1) is 13.7 Å². The van der Waals surface area contributed by atoms with E-state index in [1.165, 1.54) is 12.0 Å². The van der Waals surface area contributed by atoms with Gasteiger partial charge in [0.15, 0.2) is 0 Å². The molecule has 3 aromatic rings. The number of benzene rings is 3. The molecule has 1 heterocycles. The number of esters is 1. The fourth-order valence-corrected chi connectivity index (χ4v) is 4.34. The molecule has 1 aliphatic rings. The number of nitrogens with one attached hydrogen (secondary N) is 1. The molecule has 3 aromatic carbocycles. The van der Waals surface area contributed by atoms with Crippen LogP contribution in [0.5, 0.6) is 0 Å². The smallest absolute Gasteiger partial charge is 0.411 e. The number of carbonyl (C=O) groups excluding carboxylic acids is 3. The SMILES string of the molecule is COC(=O)[C@@H](Cc1ccc(Cl)cc1)NC(=O)[C@@H]1Cc2ccccc2CN1C(=O)OCc1ccccc1. The molecule has 1 aliphatic heterocycles. The average Bonchev–Trinajstić information content (AvgIpc) is 2.91. The molecule has 36 heavy (non-hydrogen) atoms. The molecular formula is C28H27ClN2O5. The lowest BCUT2D eigenvalue weighted by Crippen LogP contribution is -2.56. The Kier molecular flexibility index (Phi) is 8.23. The van der Waals surface area contributed by atoms with E-state index in [2.05, 4.69) is 5.32 Å². The molecule has 0 fully saturated rings. The molecule has 0 radical (unpaired) electrons. The standard InChI is InChI=1S/C28H27ClN2O5/c1-35-27(33)24(15-19-11-13-23(29)14-12-19)30-26(32)25-16-21-9-5-6-10-22(21)17-31(25)28(34)36-18-20-7-3-2-4-8-20/h2-14,24-25H,15-18H2,1H3,(H,30,32)/t24-,25+/m1/s1. The predicted octanol–water partition coefficient (Wildman–Crippen LogP) is 4.30. The molecule has 0 saturated heterocycles. The van der Waals surface area contributed by atoms with Gasteiger partial charge in [0.25, 0.3) is 0 Å². The molecule has 0 aromatic heterocycles. The number of hydrogen-bond acceptors (Lipinski definition) is 5. The lowest BCUT2D eigenvalue weighted by molar-refractivity contribution is -0.145. The zero-order valence-corrected chi connectivity index (χ0v) is 20.6. The number of amides is 2. The van der Waals surface area contributed by atoms with Crippen molar-refractivity contribution in [2.75, 3.05) is 7.11 Å². The minimum absolute atomic E-state index is 0.0908. The quantitative estimate of drug-likeness (QED) is 0.483. The summed E-state index contributed by atoms with van der Waals surface area (Å²) in [6.07, 6.45) is -0.0740. The van der Waals surface area contributed by atoms with Gasteiger partial charge in [-0.25, -0.2) is 9.59 Å². The Morgan fingerprint density at radius 3 is 2.31 bits per heavy atom. The molecule has 0 unspecified atom stereocenters. The number of carbonyl (C=O) groups is 3. The minimum Gasteiger partial charge on any atom is -0.467 e. The predicted molar refractivity (Wildman–Crippen MR) is 135 cm³/mol. The van der Waals surface area contributed by atoms with Crippen LogP contribution in [0.4, 0.5) is 4.79 Å². The first kappa shape index (κ1) is 25.3. The van der Waals surface area contributed by atoms with E-state index in [1.807, 2.05) is 54.6 Å². The second kappa shape index (κ2) is 11.7. The molecule has 2 atom stereocenters. The normalized spacial score (nSPS) is 15.4. The number of nitrogens with zero attached hydrogens (tertiary/aromatic N) is 1. The monoisotopic (exact) mass is 506 g/mol. The number of hydrogen-bond donors (Lipinski definition) is 1. The van der Waals surface area contributed by atoms with Gasteiger partial charge in [0, 0.05) is 17.9 Å². The summed E-state index contributed by atoms with van der Waals surface area (Å²) in [6.45, 7) is 0.315. The lowest BCUT2D eigenvalue weighted by atomic mass is 9.93. The van der Waals surface area contributed by atoms with Crippen LogP contribution in [-0.4, -0.2) is 42.1 Å². The average molecular weight is 507 g/mol. The summed E-state index contributed by atoms with van der Waals surface area (Å²) in [5.41, 5.74) is 3.57. The van der Waals surface area contributed by atoms with Gasteiger partial charge in [-0.3, -0.25) is 9.69 Å². The van der Waals surface area contributed by atoms with Crippen LogP contribution in [0.3, 0.4) is 0 Å². The van der Waals surface area contributed by atoms with E-state index in [0.29, 0.717) is 11.4 Å². The molecule has 4 rings (SSSR count). The molecular weight excluding hydrogens is 480 g/mol. The Hall–Kier alpha value is -3.84. The van der Waals surface area contributed by atoms with E-state index >= 15 is 0 Å². The zero-order valence-electron chi connectivity index (χ0n) is 19.9. The highest BCUT2D eigenvalue weighted by atomic mass is 35.5. The van der Waals surface area contributed by atoms with Crippen molar-refractivity contribution in [1.29, 1.82) is 0 Å². The molecule has 0 saturated carbocycles. The maximum absolute atomic E-state index is 13.5. The van der Waals surface area contributed by atoms with Crippen LogP contribution in [0.1, 0.15) is 22.3 Å². The Bertz CT molecular complexity index is 1220. The molecule has 0 spiro atoms. The zero-order chi connectivity index (χ0) is 25.5. The van der Waals surface area contributed by atoms with Crippen molar-refractivity contribution in [3.8, 4) is 0 Å². The Morgan fingerprint density at radius 2 is 1.61 bits per heavy atom. The maximum Gasteiger partial charge on any atom is 0.411 e. The molecule has 2 amide bonds. The molecule has 0 bridgehead atoms. The van der Waals surface area contributed by atoms with Crippen molar-refractivity contribution in [3.05, 3.63) is 106 Å². The van der Waals surface area contributed by atoms with E-state index in [9.17, 15) is 14.4 Å². The van der Waals surface area contributed by atoms with E-state index in [1.54, 1.807) is 24.3 Å². The summed E-state index contributed by atoms with van der Waals surface area (Å²) in [4.78, 5) is 40.5. The second-order valence-corrected chi connectivity index (χ2v) is 9.01. The van der Waals surface area contributed by atoms with Crippen LogP contribution in [0.2, 0.25) is 5.02 Å². The van der Waals surface area contributed by atoms with E-state index in [0.717, 1.165) is 22.3 Å². The van der Waals surface area contributed by atoms with Crippen LogP contribution in [0.25, 0.3) is 0 Å². The van der Waals surface area contributed by atoms with Gasteiger partial charge >= 0.3 is 12.1 Å². The number of rotatable bonds is 7. The van der Waals surface area contributed by atoms with Crippen LogP contribution in [0.15, 0.2) is 78.9 Å². The highest BCUT2D eigenvalue weighted by Crippen LogP contribution is 2.25. The minimum atomic E-state index is -0.928.